The van der Waals surface area contributed by atoms with Crippen LogP contribution >= 0.6 is 11.3 Å². The molecule has 0 aliphatic heterocycles. The van der Waals surface area contributed by atoms with Gasteiger partial charge in [-0.1, -0.05) is 49.1 Å². The van der Waals surface area contributed by atoms with Gasteiger partial charge in [-0.3, -0.25) is 0 Å². The van der Waals surface area contributed by atoms with Gasteiger partial charge in [0, 0.05) is 0 Å². The van der Waals surface area contributed by atoms with Crippen LogP contribution in [0.3, 0.4) is 0 Å². The zero-order valence-electron chi connectivity index (χ0n) is 13.4. The quantitative estimate of drug-likeness (QED) is 0.633. The molecule has 120 valence electrons. The molecule has 0 spiro atoms. The first-order chi connectivity index (χ1) is 11.4. The Hall–Kier alpha value is -2.97. The molecule has 0 aliphatic carbocycles. The number of benzene rings is 1. The maximum Gasteiger partial charge on any atom is 0.347 e. The van der Waals surface area contributed by atoms with Gasteiger partial charge < -0.3 is 5.11 Å². The van der Waals surface area contributed by atoms with Crippen LogP contribution in [0.25, 0.3) is 11.1 Å². The van der Waals surface area contributed by atoms with Gasteiger partial charge in [-0.2, -0.15) is 5.26 Å². The number of allylic oxidation sites excluding steroid dienone is 5. The number of carboxylic acid groups (broad SMARTS) is 1. The SMILES string of the molecule is C=C(C#N)/C(=C\C=C(/C)c1nc(C)c(C(=O)O)s1)c1ccccc1. The number of hydrogen-bond acceptors (Lipinski definition) is 4. The third-order valence-electron chi connectivity index (χ3n) is 3.37. The van der Waals surface area contributed by atoms with Gasteiger partial charge in [0.25, 0.3) is 0 Å². The fraction of sp³-hybridized carbons (Fsp3) is 0.105. The van der Waals surface area contributed by atoms with Crippen molar-refractivity contribution in [3.63, 3.8) is 0 Å². The highest BCUT2D eigenvalue weighted by Gasteiger charge is 2.14. The summed E-state index contributed by atoms with van der Waals surface area (Å²) >= 11 is 1.14. The standard InChI is InChI=1S/C19H16N2O2S/c1-12(18-21-14(3)17(24-18)19(22)23)9-10-16(13(2)11-20)15-7-5-4-6-8-15/h4-10H,2H2,1,3H3,(H,22,23)/b12-9+,16-10+. The van der Waals surface area contributed by atoms with Crippen molar-refractivity contribution in [3.8, 4) is 6.07 Å². The molecule has 2 aromatic rings. The van der Waals surface area contributed by atoms with Crippen molar-refractivity contribution in [2.45, 2.75) is 13.8 Å². The van der Waals surface area contributed by atoms with Crippen molar-refractivity contribution >= 4 is 28.5 Å². The first-order valence-corrected chi connectivity index (χ1v) is 8.00. The number of carboxylic acids is 1. The Kier molecular flexibility index (Phi) is 5.46. The topological polar surface area (TPSA) is 74.0 Å². The van der Waals surface area contributed by atoms with Crippen molar-refractivity contribution in [3.05, 3.63) is 75.8 Å². The second-order valence-electron chi connectivity index (χ2n) is 5.13. The van der Waals surface area contributed by atoms with E-state index in [1.54, 1.807) is 6.92 Å². The molecule has 0 radical (unpaired) electrons. The number of rotatable bonds is 5. The average Bonchev–Trinajstić information content (AvgIpc) is 2.97. The third kappa shape index (κ3) is 3.86. The van der Waals surface area contributed by atoms with E-state index in [4.69, 9.17) is 10.4 Å². The van der Waals surface area contributed by atoms with Crippen LogP contribution in [-0.2, 0) is 0 Å². The summed E-state index contributed by atoms with van der Waals surface area (Å²) < 4.78 is 0. The van der Waals surface area contributed by atoms with Crippen molar-refractivity contribution in [1.82, 2.24) is 4.98 Å². The van der Waals surface area contributed by atoms with Crippen LogP contribution in [0, 0.1) is 18.3 Å². The summed E-state index contributed by atoms with van der Waals surface area (Å²) in [7, 11) is 0. The van der Waals surface area contributed by atoms with E-state index in [2.05, 4.69) is 17.6 Å². The number of nitriles is 1. The Labute approximate surface area is 144 Å². The lowest BCUT2D eigenvalue weighted by Crippen LogP contribution is -1.94. The van der Waals surface area contributed by atoms with Gasteiger partial charge in [0.1, 0.15) is 9.88 Å². The first-order valence-electron chi connectivity index (χ1n) is 7.18. The Balaban J connectivity index is 2.42. The van der Waals surface area contributed by atoms with E-state index >= 15 is 0 Å². The smallest absolute Gasteiger partial charge is 0.347 e. The summed E-state index contributed by atoms with van der Waals surface area (Å²) in [5.41, 5.74) is 3.32. The summed E-state index contributed by atoms with van der Waals surface area (Å²) in [5, 5.41) is 18.9. The van der Waals surface area contributed by atoms with E-state index in [0.29, 0.717) is 16.3 Å². The number of aromatic carboxylic acids is 1. The van der Waals surface area contributed by atoms with Crippen molar-refractivity contribution < 1.29 is 9.90 Å². The summed E-state index contributed by atoms with van der Waals surface area (Å²) in [5.74, 6) is -0.970. The van der Waals surface area contributed by atoms with Gasteiger partial charge in [-0.15, -0.1) is 11.3 Å². The lowest BCUT2D eigenvalue weighted by Gasteiger charge is -2.04. The van der Waals surface area contributed by atoms with Crippen molar-refractivity contribution in [2.75, 3.05) is 0 Å². The molecule has 0 amide bonds. The Bertz CT molecular complexity index is 884. The zero-order chi connectivity index (χ0) is 17.7. The third-order valence-corrected chi connectivity index (χ3v) is 4.65. The number of nitrogens with zero attached hydrogens (tertiary/aromatic N) is 2. The monoisotopic (exact) mass is 336 g/mol. The molecular formula is C19H16N2O2S. The molecule has 5 heteroatoms. The molecule has 2 rings (SSSR count). The minimum Gasteiger partial charge on any atom is -0.477 e. The maximum absolute atomic E-state index is 11.1. The molecule has 0 atom stereocenters. The average molecular weight is 336 g/mol. The van der Waals surface area contributed by atoms with Crippen LogP contribution in [0.15, 0.2) is 54.6 Å². The van der Waals surface area contributed by atoms with E-state index < -0.39 is 5.97 Å². The summed E-state index contributed by atoms with van der Waals surface area (Å²) in [6.07, 6.45) is 3.64. The van der Waals surface area contributed by atoms with Crippen LogP contribution in [0.1, 0.15) is 32.9 Å². The van der Waals surface area contributed by atoms with Crippen molar-refractivity contribution in [1.29, 1.82) is 5.26 Å². The molecule has 1 heterocycles. The second-order valence-corrected chi connectivity index (χ2v) is 6.12. The van der Waals surface area contributed by atoms with Gasteiger partial charge >= 0.3 is 5.97 Å². The summed E-state index contributed by atoms with van der Waals surface area (Å²) in [4.78, 5) is 15.7. The number of aromatic nitrogens is 1. The predicted molar refractivity (Wildman–Crippen MR) is 96.6 cm³/mol. The van der Waals surface area contributed by atoms with Crippen LogP contribution in [0.5, 0.6) is 0 Å². The molecule has 0 aliphatic rings. The van der Waals surface area contributed by atoms with Crippen LogP contribution in [-0.4, -0.2) is 16.1 Å². The number of hydrogen-bond donors (Lipinski definition) is 1. The van der Waals surface area contributed by atoms with Gasteiger partial charge in [0.05, 0.1) is 17.3 Å². The molecule has 1 aromatic heterocycles. The fourth-order valence-electron chi connectivity index (χ4n) is 2.09. The molecule has 24 heavy (non-hydrogen) atoms. The van der Waals surface area contributed by atoms with Gasteiger partial charge in [0.15, 0.2) is 0 Å². The first kappa shape index (κ1) is 17.4. The second kappa shape index (κ2) is 7.53. The normalized spacial score (nSPS) is 11.9. The molecular weight excluding hydrogens is 320 g/mol. The number of carbonyl (C=O) groups is 1. The largest absolute Gasteiger partial charge is 0.477 e. The van der Waals surface area contributed by atoms with Gasteiger partial charge in [0.2, 0.25) is 0 Å². The molecule has 1 N–H and O–H groups in total. The minimum absolute atomic E-state index is 0.242. The summed E-state index contributed by atoms with van der Waals surface area (Å²) in [6, 6.07) is 11.6. The Morgan fingerprint density at radius 1 is 1.33 bits per heavy atom. The molecule has 0 bridgehead atoms. The molecule has 4 nitrogen and oxygen atoms in total. The minimum atomic E-state index is -0.970. The van der Waals surface area contributed by atoms with Crippen LogP contribution < -0.4 is 0 Å². The van der Waals surface area contributed by atoms with E-state index in [1.807, 2.05) is 49.4 Å². The molecule has 0 unspecified atom stereocenters. The maximum atomic E-state index is 11.1. The van der Waals surface area contributed by atoms with Crippen LogP contribution in [0.2, 0.25) is 0 Å². The van der Waals surface area contributed by atoms with Crippen molar-refractivity contribution in [2.24, 2.45) is 0 Å². The molecule has 0 fully saturated rings. The zero-order valence-corrected chi connectivity index (χ0v) is 14.2. The lowest BCUT2D eigenvalue weighted by molar-refractivity contribution is 0.0701. The molecule has 1 aromatic carbocycles. The summed E-state index contributed by atoms with van der Waals surface area (Å²) in [6.45, 7) is 7.33. The van der Waals surface area contributed by atoms with E-state index in [0.717, 1.165) is 28.0 Å². The van der Waals surface area contributed by atoms with E-state index in [-0.39, 0.29) is 4.88 Å². The molecule has 0 saturated heterocycles. The number of aryl methyl sites for hydroxylation is 1. The lowest BCUT2D eigenvalue weighted by atomic mass is 9.99. The van der Waals surface area contributed by atoms with E-state index in [1.165, 1.54) is 0 Å². The van der Waals surface area contributed by atoms with Gasteiger partial charge in [-0.05, 0) is 30.6 Å². The highest BCUT2D eigenvalue weighted by Crippen LogP contribution is 2.26. The Morgan fingerprint density at radius 2 is 2.00 bits per heavy atom. The fourth-order valence-corrected chi connectivity index (χ4v) is 2.98. The Morgan fingerprint density at radius 3 is 2.54 bits per heavy atom. The predicted octanol–water partition coefficient (Wildman–Crippen LogP) is 4.72. The van der Waals surface area contributed by atoms with E-state index in [9.17, 15) is 4.79 Å². The van der Waals surface area contributed by atoms with Gasteiger partial charge in [-0.25, -0.2) is 9.78 Å². The number of thiazole rings is 1. The highest BCUT2D eigenvalue weighted by atomic mass is 32.1. The molecule has 0 saturated carbocycles. The highest BCUT2D eigenvalue weighted by molar-refractivity contribution is 7.14. The van der Waals surface area contributed by atoms with Crippen LogP contribution in [0.4, 0.5) is 0 Å².